The van der Waals surface area contributed by atoms with Gasteiger partial charge in [-0.15, -0.1) is 0 Å². The third-order valence-electron chi connectivity index (χ3n) is 7.31. The number of nitrogens with zero attached hydrogens (tertiary/aromatic N) is 4. The Labute approximate surface area is 207 Å². The fraction of sp³-hybridized carbons (Fsp3) is 0.393. The predicted octanol–water partition coefficient (Wildman–Crippen LogP) is 4.64. The van der Waals surface area contributed by atoms with Gasteiger partial charge in [-0.05, 0) is 81.1 Å². The average molecular weight is 471 g/mol. The first-order valence-electron chi connectivity index (χ1n) is 12.5. The van der Waals surface area contributed by atoms with Crippen LogP contribution in [-0.2, 0) is 6.42 Å². The zero-order valence-corrected chi connectivity index (χ0v) is 20.8. The van der Waals surface area contributed by atoms with Gasteiger partial charge < -0.3 is 16.0 Å². The van der Waals surface area contributed by atoms with E-state index in [1.54, 1.807) is 12.1 Å². The Bertz CT molecular complexity index is 1200. The van der Waals surface area contributed by atoms with E-state index in [2.05, 4.69) is 54.2 Å². The Balaban J connectivity index is 1.22. The van der Waals surface area contributed by atoms with Crippen LogP contribution in [0.15, 0.2) is 48.7 Å². The highest BCUT2D eigenvalue weighted by atomic mass is 16.2. The Kier molecular flexibility index (Phi) is 6.43. The first-order valence-corrected chi connectivity index (χ1v) is 12.5. The SMILES string of the molecule is Cc1cc(C)cc(Nc2ncc3c(n2)CCN(C2CCN(C(=O)c4ccc(N)cc4)CC2)C3C)c1. The van der Waals surface area contributed by atoms with Gasteiger partial charge >= 0.3 is 0 Å². The van der Waals surface area contributed by atoms with E-state index in [1.807, 2.05) is 23.2 Å². The van der Waals surface area contributed by atoms with Gasteiger partial charge in [0.05, 0.1) is 5.69 Å². The van der Waals surface area contributed by atoms with Crippen LogP contribution < -0.4 is 11.1 Å². The van der Waals surface area contributed by atoms with Crippen molar-refractivity contribution < 1.29 is 4.79 Å². The standard InChI is InChI=1S/C28H34N6O/c1-18-14-19(2)16-23(15-18)31-28-30-17-25-20(3)34(13-10-26(25)32-28)24-8-11-33(12-9-24)27(35)21-4-6-22(29)7-5-21/h4-7,14-17,20,24H,8-13,29H2,1-3H3,(H,30,31,32). The highest BCUT2D eigenvalue weighted by molar-refractivity contribution is 5.94. The summed E-state index contributed by atoms with van der Waals surface area (Å²) in [6.45, 7) is 8.98. The molecule has 1 unspecified atom stereocenters. The summed E-state index contributed by atoms with van der Waals surface area (Å²) in [5, 5.41) is 3.38. The molecule has 2 aliphatic rings. The lowest BCUT2D eigenvalue weighted by Gasteiger charge is -2.43. The van der Waals surface area contributed by atoms with Crippen molar-refractivity contribution in [3.05, 3.63) is 76.6 Å². The Morgan fingerprint density at radius 3 is 2.40 bits per heavy atom. The van der Waals surface area contributed by atoms with Crippen LogP contribution in [-0.4, -0.2) is 51.4 Å². The zero-order chi connectivity index (χ0) is 24.5. The molecule has 3 heterocycles. The molecule has 0 saturated carbocycles. The highest BCUT2D eigenvalue weighted by Gasteiger charge is 2.33. The topological polar surface area (TPSA) is 87.4 Å². The first-order chi connectivity index (χ1) is 16.9. The minimum Gasteiger partial charge on any atom is -0.399 e. The third kappa shape index (κ3) is 5.00. The summed E-state index contributed by atoms with van der Waals surface area (Å²) in [4.78, 5) is 26.9. The number of likely N-dealkylation sites (tertiary alicyclic amines) is 1. The molecule has 1 atom stereocenters. The molecule has 2 aromatic carbocycles. The maximum absolute atomic E-state index is 12.9. The van der Waals surface area contributed by atoms with Crippen LogP contribution >= 0.6 is 0 Å². The summed E-state index contributed by atoms with van der Waals surface area (Å²) in [5.41, 5.74) is 13.0. The number of hydrogen-bond donors (Lipinski definition) is 2. The lowest BCUT2D eigenvalue weighted by molar-refractivity contribution is 0.0527. The van der Waals surface area contributed by atoms with Crippen molar-refractivity contribution in [3.8, 4) is 0 Å². The Hall–Kier alpha value is -3.45. The van der Waals surface area contributed by atoms with E-state index in [9.17, 15) is 4.79 Å². The van der Waals surface area contributed by atoms with Crippen LogP contribution in [0, 0.1) is 13.8 Å². The van der Waals surface area contributed by atoms with E-state index in [-0.39, 0.29) is 11.9 Å². The molecule has 0 radical (unpaired) electrons. The maximum Gasteiger partial charge on any atom is 0.253 e. The third-order valence-corrected chi connectivity index (χ3v) is 7.31. The van der Waals surface area contributed by atoms with Gasteiger partial charge in [0.2, 0.25) is 5.95 Å². The monoisotopic (exact) mass is 470 g/mol. The second kappa shape index (κ2) is 9.66. The molecule has 1 amide bonds. The number of piperidine rings is 1. The molecule has 1 fully saturated rings. The summed E-state index contributed by atoms with van der Waals surface area (Å²) < 4.78 is 0. The first kappa shape index (κ1) is 23.3. The quantitative estimate of drug-likeness (QED) is 0.540. The number of aryl methyl sites for hydroxylation is 2. The number of carbonyl (C=O) groups excluding carboxylic acids is 1. The lowest BCUT2D eigenvalue weighted by Crippen LogP contribution is -2.49. The summed E-state index contributed by atoms with van der Waals surface area (Å²) in [6, 6.07) is 14.3. The van der Waals surface area contributed by atoms with Crippen LogP contribution in [0.4, 0.5) is 17.3 Å². The molecule has 0 bridgehead atoms. The summed E-state index contributed by atoms with van der Waals surface area (Å²) in [5.74, 6) is 0.751. The van der Waals surface area contributed by atoms with Crippen molar-refractivity contribution in [2.75, 3.05) is 30.7 Å². The minimum absolute atomic E-state index is 0.0951. The van der Waals surface area contributed by atoms with Gasteiger partial charge in [0.1, 0.15) is 0 Å². The number of rotatable bonds is 4. The predicted molar refractivity (Wildman–Crippen MR) is 140 cm³/mol. The fourth-order valence-electron chi connectivity index (χ4n) is 5.53. The van der Waals surface area contributed by atoms with E-state index in [0.717, 1.165) is 50.3 Å². The number of fused-ring (bicyclic) bond motifs is 1. The van der Waals surface area contributed by atoms with Crippen molar-refractivity contribution in [2.45, 2.75) is 52.1 Å². The number of benzene rings is 2. The van der Waals surface area contributed by atoms with Gasteiger partial charge in [-0.25, -0.2) is 9.97 Å². The minimum atomic E-state index is 0.0951. The lowest BCUT2D eigenvalue weighted by atomic mass is 9.93. The van der Waals surface area contributed by atoms with Crippen molar-refractivity contribution in [1.82, 2.24) is 19.8 Å². The molecule has 7 nitrogen and oxygen atoms in total. The normalized spacial score (nSPS) is 18.8. The number of aromatic nitrogens is 2. The van der Waals surface area contributed by atoms with E-state index >= 15 is 0 Å². The van der Waals surface area contributed by atoms with Gasteiger partial charge in [0.15, 0.2) is 0 Å². The Morgan fingerprint density at radius 1 is 1.03 bits per heavy atom. The van der Waals surface area contributed by atoms with Crippen molar-refractivity contribution in [3.63, 3.8) is 0 Å². The number of nitrogen functional groups attached to an aromatic ring is 1. The largest absolute Gasteiger partial charge is 0.399 e. The van der Waals surface area contributed by atoms with Gasteiger partial charge in [0.25, 0.3) is 5.91 Å². The number of hydrogen-bond acceptors (Lipinski definition) is 6. The molecular weight excluding hydrogens is 436 g/mol. The van der Waals surface area contributed by atoms with Crippen molar-refractivity contribution in [2.24, 2.45) is 0 Å². The van der Waals surface area contributed by atoms with Crippen LogP contribution in [0.1, 0.15) is 58.5 Å². The average Bonchev–Trinajstić information content (AvgIpc) is 2.84. The van der Waals surface area contributed by atoms with Crippen molar-refractivity contribution in [1.29, 1.82) is 0 Å². The van der Waals surface area contributed by atoms with Crippen LogP contribution in [0.25, 0.3) is 0 Å². The molecule has 1 aromatic heterocycles. The highest BCUT2D eigenvalue weighted by Crippen LogP contribution is 2.33. The second-order valence-corrected chi connectivity index (χ2v) is 9.91. The van der Waals surface area contributed by atoms with E-state index in [1.165, 1.54) is 16.7 Å². The molecule has 0 spiro atoms. The maximum atomic E-state index is 12.9. The molecule has 5 rings (SSSR count). The van der Waals surface area contributed by atoms with Gasteiger partial charge in [-0.1, -0.05) is 6.07 Å². The summed E-state index contributed by atoms with van der Waals surface area (Å²) in [6.07, 6.45) is 4.86. The number of amides is 1. The summed E-state index contributed by atoms with van der Waals surface area (Å²) in [7, 11) is 0. The van der Waals surface area contributed by atoms with Gasteiger partial charge in [-0.2, -0.15) is 0 Å². The van der Waals surface area contributed by atoms with E-state index < -0.39 is 0 Å². The van der Waals surface area contributed by atoms with Gasteiger partial charge in [0, 0.05) is 66.8 Å². The van der Waals surface area contributed by atoms with Crippen LogP contribution in [0.2, 0.25) is 0 Å². The Morgan fingerprint density at radius 2 is 1.71 bits per heavy atom. The van der Waals surface area contributed by atoms with Gasteiger partial charge in [-0.3, -0.25) is 9.69 Å². The van der Waals surface area contributed by atoms with Crippen molar-refractivity contribution >= 4 is 23.2 Å². The molecule has 3 N–H and O–H groups in total. The molecule has 0 aliphatic carbocycles. The summed E-state index contributed by atoms with van der Waals surface area (Å²) >= 11 is 0. The smallest absolute Gasteiger partial charge is 0.253 e. The molecular formula is C28H34N6O. The number of anilines is 3. The van der Waals surface area contributed by atoms with Crippen LogP contribution in [0.3, 0.4) is 0 Å². The van der Waals surface area contributed by atoms with E-state index in [4.69, 9.17) is 10.7 Å². The number of carbonyl (C=O) groups is 1. The molecule has 35 heavy (non-hydrogen) atoms. The molecule has 7 heteroatoms. The molecule has 1 saturated heterocycles. The van der Waals surface area contributed by atoms with E-state index in [0.29, 0.717) is 23.2 Å². The second-order valence-electron chi connectivity index (χ2n) is 9.91. The number of nitrogens with two attached hydrogens (primary N) is 1. The molecule has 182 valence electrons. The molecule has 2 aliphatic heterocycles. The van der Waals surface area contributed by atoms with Crippen LogP contribution in [0.5, 0.6) is 0 Å². The fourth-order valence-corrected chi connectivity index (χ4v) is 5.53. The number of nitrogens with one attached hydrogen (secondary N) is 1. The zero-order valence-electron chi connectivity index (χ0n) is 20.8. The molecule has 3 aromatic rings.